The number of nitrogens with one attached hydrogen (secondary N) is 1. The van der Waals surface area contributed by atoms with Crippen LogP contribution in [0.1, 0.15) is 42.6 Å². The van der Waals surface area contributed by atoms with Crippen molar-refractivity contribution >= 4 is 11.8 Å². The lowest BCUT2D eigenvalue weighted by molar-refractivity contribution is -0.133. The van der Waals surface area contributed by atoms with Crippen molar-refractivity contribution in [2.24, 2.45) is 0 Å². The molecular weight excluding hydrogens is 308 g/mol. The van der Waals surface area contributed by atoms with Gasteiger partial charge in [-0.05, 0) is 31.0 Å². The van der Waals surface area contributed by atoms with Crippen LogP contribution in [0.5, 0.6) is 5.75 Å². The third kappa shape index (κ3) is 4.47. The van der Waals surface area contributed by atoms with Gasteiger partial charge in [0.1, 0.15) is 5.75 Å². The van der Waals surface area contributed by atoms with E-state index >= 15 is 0 Å². The minimum absolute atomic E-state index is 0.00992. The molecule has 1 N–H and O–H groups in total. The van der Waals surface area contributed by atoms with Gasteiger partial charge in [0.2, 0.25) is 0 Å². The van der Waals surface area contributed by atoms with E-state index in [9.17, 15) is 9.59 Å². The highest BCUT2D eigenvalue weighted by Crippen LogP contribution is 2.25. The molecule has 0 fully saturated rings. The fourth-order valence-electron chi connectivity index (χ4n) is 2.68. The Kier molecular flexibility index (Phi) is 6.61. The highest BCUT2D eigenvalue weighted by molar-refractivity contribution is 5.94. The quantitative estimate of drug-likeness (QED) is 0.828. The van der Waals surface area contributed by atoms with Crippen molar-refractivity contribution in [2.45, 2.75) is 39.3 Å². The number of methoxy groups -OCH3 is 1. The molecular formula is C18H26N2O4. The third-order valence-electron chi connectivity index (χ3n) is 4.27. The molecule has 6 nitrogen and oxygen atoms in total. The lowest BCUT2D eigenvalue weighted by Crippen LogP contribution is -2.35. The molecule has 0 radical (unpaired) electrons. The fourth-order valence-corrected chi connectivity index (χ4v) is 2.68. The van der Waals surface area contributed by atoms with Crippen LogP contribution in [-0.2, 0) is 16.1 Å². The topological polar surface area (TPSA) is 67.9 Å². The van der Waals surface area contributed by atoms with Crippen molar-refractivity contribution in [3.8, 4) is 5.75 Å². The number of nitrogens with zero attached hydrogens (tertiary/aromatic N) is 1. The van der Waals surface area contributed by atoms with Gasteiger partial charge in [-0.15, -0.1) is 0 Å². The summed E-state index contributed by atoms with van der Waals surface area (Å²) in [5.74, 6) is 0.485. The van der Waals surface area contributed by atoms with Gasteiger partial charge in [0, 0.05) is 37.4 Å². The molecule has 0 aliphatic carbocycles. The molecule has 1 heterocycles. The van der Waals surface area contributed by atoms with Crippen LogP contribution < -0.4 is 10.1 Å². The van der Waals surface area contributed by atoms with Crippen LogP contribution >= 0.6 is 0 Å². The first-order valence-corrected chi connectivity index (χ1v) is 8.42. The molecule has 2 rings (SSSR count). The lowest BCUT2D eigenvalue weighted by Gasteiger charge is -2.19. The maximum atomic E-state index is 12.4. The van der Waals surface area contributed by atoms with Gasteiger partial charge < -0.3 is 19.7 Å². The number of carbonyl (C=O) groups excluding carboxylic acids is 2. The number of ether oxygens (including phenoxy) is 2. The van der Waals surface area contributed by atoms with Gasteiger partial charge in [0.25, 0.3) is 11.8 Å². The Morgan fingerprint density at radius 3 is 2.79 bits per heavy atom. The van der Waals surface area contributed by atoms with Crippen LogP contribution in [-0.4, -0.2) is 49.6 Å². The molecule has 0 atom stereocenters. The van der Waals surface area contributed by atoms with Gasteiger partial charge in [0.05, 0.1) is 6.61 Å². The maximum absolute atomic E-state index is 12.4. The summed E-state index contributed by atoms with van der Waals surface area (Å²) in [5.41, 5.74) is 1.43. The fraction of sp³-hybridized carbons (Fsp3) is 0.556. The van der Waals surface area contributed by atoms with Crippen LogP contribution in [0.2, 0.25) is 0 Å². The van der Waals surface area contributed by atoms with Gasteiger partial charge in [-0.3, -0.25) is 9.59 Å². The molecule has 1 aliphatic heterocycles. The number of fused-ring (bicyclic) bond motifs is 1. The van der Waals surface area contributed by atoms with E-state index in [2.05, 4.69) is 19.2 Å². The zero-order chi connectivity index (χ0) is 17.5. The molecule has 2 amide bonds. The Balaban J connectivity index is 2.17. The highest BCUT2D eigenvalue weighted by Gasteiger charge is 2.22. The second kappa shape index (κ2) is 8.68. The molecule has 0 saturated heterocycles. The molecule has 0 unspecified atom stereocenters. The van der Waals surface area contributed by atoms with Crippen LogP contribution in [0.25, 0.3) is 0 Å². The van der Waals surface area contributed by atoms with E-state index in [0.29, 0.717) is 31.0 Å². The Morgan fingerprint density at radius 1 is 1.38 bits per heavy atom. The predicted octanol–water partition coefficient (Wildman–Crippen LogP) is 1.97. The van der Waals surface area contributed by atoms with Crippen molar-refractivity contribution in [1.29, 1.82) is 0 Å². The van der Waals surface area contributed by atoms with Crippen LogP contribution in [0.15, 0.2) is 18.2 Å². The van der Waals surface area contributed by atoms with E-state index in [1.807, 2.05) is 6.07 Å². The normalized spacial score (nSPS) is 14.2. The van der Waals surface area contributed by atoms with E-state index in [1.54, 1.807) is 24.1 Å². The molecule has 24 heavy (non-hydrogen) atoms. The second-order valence-corrected chi connectivity index (χ2v) is 5.91. The summed E-state index contributed by atoms with van der Waals surface area (Å²) in [7, 11) is 1.60. The first kappa shape index (κ1) is 18.3. The van der Waals surface area contributed by atoms with E-state index in [4.69, 9.17) is 9.47 Å². The van der Waals surface area contributed by atoms with E-state index in [1.165, 1.54) is 0 Å². The summed E-state index contributed by atoms with van der Waals surface area (Å²) < 4.78 is 10.6. The summed E-state index contributed by atoms with van der Waals surface area (Å²) >= 11 is 0. The SMILES string of the molecule is CCC(CC)NC(=O)c1ccc2c(c1)CN(CCOC)C(=O)CO2. The summed E-state index contributed by atoms with van der Waals surface area (Å²) in [6.07, 6.45) is 1.80. The molecule has 0 bridgehead atoms. The van der Waals surface area contributed by atoms with E-state index in [-0.39, 0.29) is 24.5 Å². The molecule has 1 aliphatic rings. The largest absolute Gasteiger partial charge is 0.483 e. The second-order valence-electron chi connectivity index (χ2n) is 5.91. The Labute approximate surface area is 143 Å². The average molecular weight is 334 g/mol. The van der Waals surface area contributed by atoms with Crippen molar-refractivity contribution in [3.63, 3.8) is 0 Å². The van der Waals surface area contributed by atoms with Gasteiger partial charge in [-0.2, -0.15) is 0 Å². The summed E-state index contributed by atoms with van der Waals surface area (Å²) in [6.45, 7) is 5.51. The summed E-state index contributed by atoms with van der Waals surface area (Å²) in [4.78, 5) is 26.2. The summed E-state index contributed by atoms with van der Waals surface area (Å²) in [5, 5.41) is 3.03. The zero-order valence-electron chi connectivity index (χ0n) is 14.6. The minimum Gasteiger partial charge on any atom is -0.483 e. The average Bonchev–Trinajstić information content (AvgIpc) is 2.76. The monoisotopic (exact) mass is 334 g/mol. The first-order chi connectivity index (χ1) is 11.6. The van der Waals surface area contributed by atoms with Gasteiger partial charge in [0.15, 0.2) is 6.61 Å². The molecule has 0 aromatic heterocycles. The first-order valence-electron chi connectivity index (χ1n) is 8.42. The Morgan fingerprint density at radius 2 is 2.12 bits per heavy atom. The number of hydrogen-bond acceptors (Lipinski definition) is 4. The van der Waals surface area contributed by atoms with Gasteiger partial charge in [-0.25, -0.2) is 0 Å². The molecule has 0 spiro atoms. The Hall–Kier alpha value is -2.08. The van der Waals surface area contributed by atoms with E-state index in [0.717, 1.165) is 18.4 Å². The minimum atomic E-state index is -0.0921. The molecule has 6 heteroatoms. The van der Waals surface area contributed by atoms with Crippen LogP contribution in [0.4, 0.5) is 0 Å². The third-order valence-corrected chi connectivity index (χ3v) is 4.27. The lowest BCUT2D eigenvalue weighted by atomic mass is 10.1. The van der Waals surface area contributed by atoms with Crippen molar-refractivity contribution < 1.29 is 19.1 Å². The molecule has 132 valence electrons. The van der Waals surface area contributed by atoms with Crippen molar-refractivity contribution in [1.82, 2.24) is 10.2 Å². The van der Waals surface area contributed by atoms with Crippen molar-refractivity contribution in [3.05, 3.63) is 29.3 Å². The smallest absolute Gasteiger partial charge is 0.260 e. The van der Waals surface area contributed by atoms with Gasteiger partial charge >= 0.3 is 0 Å². The van der Waals surface area contributed by atoms with Gasteiger partial charge in [-0.1, -0.05) is 13.8 Å². The molecule has 0 saturated carbocycles. The molecule has 1 aromatic carbocycles. The molecule has 1 aromatic rings. The van der Waals surface area contributed by atoms with Crippen molar-refractivity contribution in [2.75, 3.05) is 26.9 Å². The number of benzene rings is 1. The van der Waals surface area contributed by atoms with Crippen LogP contribution in [0, 0.1) is 0 Å². The number of carbonyl (C=O) groups is 2. The summed E-state index contributed by atoms with van der Waals surface area (Å²) in [6, 6.07) is 5.49. The number of hydrogen-bond donors (Lipinski definition) is 1. The number of amides is 2. The number of rotatable bonds is 7. The zero-order valence-corrected chi connectivity index (χ0v) is 14.6. The van der Waals surface area contributed by atoms with E-state index < -0.39 is 0 Å². The predicted molar refractivity (Wildman–Crippen MR) is 91.1 cm³/mol. The standard InChI is InChI=1S/C18H26N2O4/c1-4-15(5-2)19-18(22)13-6-7-16-14(10-13)11-20(8-9-23-3)17(21)12-24-16/h6-7,10,15H,4-5,8-9,11-12H2,1-3H3,(H,19,22). The highest BCUT2D eigenvalue weighted by atomic mass is 16.5. The van der Waals surface area contributed by atoms with Crippen LogP contribution in [0.3, 0.4) is 0 Å². The Bertz CT molecular complexity index is 584. The maximum Gasteiger partial charge on any atom is 0.260 e.